The van der Waals surface area contributed by atoms with Gasteiger partial charge < -0.3 is 19.5 Å². The number of methoxy groups -OCH3 is 2. The van der Waals surface area contributed by atoms with Crippen molar-refractivity contribution in [3.05, 3.63) is 101 Å². The Bertz CT molecular complexity index is 1460. The number of pyridine rings is 1. The predicted molar refractivity (Wildman–Crippen MR) is 151 cm³/mol. The van der Waals surface area contributed by atoms with E-state index in [0.29, 0.717) is 35.0 Å². The van der Waals surface area contributed by atoms with E-state index in [1.54, 1.807) is 14.2 Å². The maximum atomic E-state index is 13.8. The minimum absolute atomic E-state index is 0.0535. The Hall–Kier alpha value is -4.59. The van der Waals surface area contributed by atoms with Gasteiger partial charge in [0, 0.05) is 40.9 Å². The van der Waals surface area contributed by atoms with Crippen LogP contribution in [0.5, 0.6) is 17.2 Å². The van der Waals surface area contributed by atoms with Gasteiger partial charge in [0.2, 0.25) is 0 Å². The fraction of sp³-hybridized carbons (Fsp3) is 0.281. The molecule has 2 atom stereocenters. The van der Waals surface area contributed by atoms with Crippen molar-refractivity contribution in [2.75, 3.05) is 19.5 Å². The molecule has 5 rings (SSSR count). The van der Waals surface area contributed by atoms with E-state index in [4.69, 9.17) is 14.2 Å². The Morgan fingerprint density at radius 2 is 1.82 bits per heavy atom. The first-order chi connectivity index (χ1) is 19.4. The molecule has 0 spiro atoms. The van der Waals surface area contributed by atoms with Crippen molar-refractivity contribution in [1.82, 2.24) is 5.32 Å². The first-order valence-electron chi connectivity index (χ1n) is 13.3. The number of hydrogen-bond acceptors (Lipinski definition) is 6. The number of anilines is 1. The van der Waals surface area contributed by atoms with E-state index < -0.39 is 11.8 Å². The smallest absolute Gasteiger partial charge is 0.317 e. The Morgan fingerprint density at radius 3 is 2.52 bits per heavy atom. The minimum Gasteiger partial charge on any atom is -0.497 e. The summed E-state index contributed by atoms with van der Waals surface area (Å²) in [6.07, 6.45) is 3.78. The van der Waals surface area contributed by atoms with Gasteiger partial charge in [-0.05, 0) is 73.4 Å². The molecule has 40 heavy (non-hydrogen) atoms. The Kier molecular flexibility index (Phi) is 7.86. The molecule has 8 nitrogen and oxygen atoms in total. The third-order valence-corrected chi connectivity index (χ3v) is 7.41. The average Bonchev–Trinajstić information content (AvgIpc) is 2.96. The second kappa shape index (κ2) is 11.7. The predicted octanol–water partition coefficient (Wildman–Crippen LogP) is 4.87. The summed E-state index contributed by atoms with van der Waals surface area (Å²) in [5, 5.41) is 6.28. The number of carbonyl (C=O) groups excluding carboxylic acids is 2. The van der Waals surface area contributed by atoms with Crippen molar-refractivity contribution >= 4 is 17.5 Å². The van der Waals surface area contributed by atoms with Gasteiger partial charge in [-0.2, -0.15) is 0 Å². The van der Waals surface area contributed by atoms with Gasteiger partial charge in [0.05, 0.1) is 20.4 Å². The van der Waals surface area contributed by atoms with Gasteiger partial charge in [-0.15, -0.1) is 0 Å². The number of aryl methyl sites for hydroxylation is 1. The van der Waals surface area contributed by atoms with Crippen LogP contribution in [0.4, 0.5) is 5.82 Å². The molecule has 1 amide bonds. The molecule has 8 heteroatoms. The molecule has 0 saturated heterocycles. The van der Waals surface area contributed by atoms with Crippen molar-refractivity contribution < 1.29 is 28.8 Å². The van der Waals surface area contributed by atoms with Crippen LogP contribution in [0.2, 0.25) is 0 Å². The van der Waals surface area contributed by atoms with E-state index in [0.717, 1.165) is 41.0 Å². The molecule has 1 aromatic heterocycles. The number of nitrogens with one attached hydrogen (secondary N) is 3. The van der Waals surface area contributed by atoms with E-state index in [1.165, 1.54) is 0 Å². The number of benzene rings is 2. The highest BCUT2D eigenvalue weighted by Gasteiger charge is 2.44. The highest BCUT2D eigenvalue weighted by Crippen LogP contribution is 2.45. The second-order valence-corrected chi connectivity index (χ2v) is 10.1. The van der Waals surface area contributed by atoms with E-state index in [1.807, 2.05) is 67.7 Å². The highest BCUT2D eigenvalue weighted by atomic mass is 16.5. The van der Waals surface area contributed by atoms with Gasteiger partial charge in [-0.1, -0.05) is 12.6 Å². The van der Waals surface area contributed by atoms with Crippen molar-refractivity contribution in [2.24, 2.45) is 5.92 Å². The van der Waals surface area contributed by atoms with E-state index in [-0.39, 0.29) is 18.3 Å². The highest BCUT2D eigenvalue weighted by molar-refractivity contribution is 6.02. The summed E-state index contributed by atoms with van der Waals surface area (Å²) < 4.78 is 16.9. The first-order valence-corrected chi connectivity index (χ1v) is 13.3. The number of hydrogen-bond donors (Lipinski definition) is 2. The van der Waals surface area contributed by atoms with Crippen LogP contribution in [0, 0.1) is 12.8 Å². The molecule has 3 N–H and O–H groups in total. The fourth-order valence-electron chi connectivity index (χ4n) is 5.39. The zero-order valence-corrected chi connectivity index (χ0v) is 23.0. The summed E-state index contributed by atoms with van der Waals surface area (Å²) in [5.41, 5.74) is 4.74. The summed E-state index contributed by atoms with van der Waals surface area (Å²) in [6, 6.07) is 16.8. The molecule has 2 heterocycles. The third kappa shape index (κ3) is 5.57. The lowest BCUT2D eigenvalue weighted by molar-refractivity contribution is -0.361. The lowest BCUT2D eigenvalue weighted by Crippen LogP contribution is -2.43. The van der Waals surface area contributed by atoms with Crippen molar-refractivity contribution in [2.45, 2.75) is 38.7 Å². The lowest BCUT2D eigenvalue weighted by atomic mass is 9.71. The number of amides is 1. The molecular formula is C32H34N3O5+. The average molecular weight is 541 g/mol. The number of rotatable bonds is 8. The summed E-state index contributed by atoms with van der Waals surface area (Å²) in [5.74, 6) is 1.24. The number of carbonyl (C=O) groups is 2. The molecule has 2 aromatic carbocycles. The second-order valence-electron chi connectivity index (χ2n) is 10.1. The minimum atomic E-state index is -0.709. The fourth-order valence-corrected chi connectivity index (χ4v) is 5.39. The summed E-state index contributed by atoms with van der Waals surface area (Å²) in [6.45, 7) is 6.43. The van der Waals surface area contributed by atoms with Crippen molar-refractivity contribution in [1.29, 1.82) is 0 Å². The number of H-pyrrole nitrogens is 1. The molecule has 1 aliphatic heterocycles. The van der Waals surface area contributed by atoms with Crippen LogP contribution in [0.1, 0.15) is 41.9 Å². The number of aromatic amines is 1. The van der Waals surface area contributed by atoms with Crippen LogP contribution in [-0.4, -0.2) is 25.9 Å². The molecule has 0 saturated carbocycles. The van der Waals surface area contributed by atoms with Gasteiger partial charge >= 0.3 is 5.91 Å². The van der Waals surface area contributed by atoms with E-state index in [2.05, 4.69) is 22.2 Å². The van der Waals surface area contributed by atoms with E-state index in [9.17, 15) is 9.59 Å². The van der Waals surface area contributed by atoms with Crippen LogP contribution in [0.25, 0.3) is 0 Å². The van der Waals surface area contributed by atoms with Gasteiger partial charge in [0.1, 0.15) is 29.8 Å². The molecule has 206 valence electrons. The Morgan fingerprint density at radius 1 is 1.05 bits per heavy atom. The van der Waals surface area contributed by atoms with Crippen molar-refractivity contribution in [3.8, 4) is 17.2 Å². The van der Waals surface area contributed by atoms with Crippen LogP contribution in [0.3, 0.4) is 0 Å². The molecule has 0 fully saturated rings. The van der Waals surface area contributed by atoms with E-state index >= 15 is 0 Å². The number of ether oxygens (including phenoxy) is 3. The quantitative estimate of drug-likeness (QED) is 0.423. The SMILES string of the molecule is C=C1NC2=C(C(=O)CCC2)C(c2ccc(OC)c(COc3ccc(OC)cc3)c2)C1C(=O)Nc1ccc(C)c[nH+]1. The number of aromatic nitrogens is 1. The largest absolute Gasteiger partial charge is 0.497 e. The van der Waals surface area contributed by atoms with Gasteiger partial charge in [0.15, 0.2) is 5.78 Å². The van der Waals surface area contributed by atoms with Crippen LogP contribution in [-0.2, 0) is 16.2 Å². The van der Waals surface area contributed by atoms with Crippen LogP contribution < -0.4 is 29.8 Å². The summed E-state index contributed by atoms with van der Waals surface area (Å²) in [7, 11) is 3.23. The zero-order valence-electron chi connectivity index (χ0n) is 23.0. The maximum absolute atomic E-state index is 13.8. The topological polar surface area (TPSA) is 100 Å². The maximum Gasteiger partial charge on any atom is 0.317 e. The van der Waals surface area contributed by atoms with Crippen molar-refractivity contribution in [3.63, 3.8) is 0 Å². The van der Waals surface area contributed by atoms with Crippen LogP contribution >= 0.6 is 0 Å². The monoisotopic (exact) mass is 540 g/mol. The number of ketones is 1. The Balaban J connectivity index is 1.51. The first kappa shape index (κ1) is 27.0. The van der Waals surface area contributed by atoms with Gasteiger partial charge in [-0.3, -0.25) is 4.79 Å². The number of Topliss-reactive ketones (excluding diaryl/α,β-unsaturated/α-hetero) is 1. The molecule has 1 aliphatic carbocycles. The van der Waals surface area contributed by atoms with Crippen LogP contribution in [0.15, 0.2) is 84.3 Å². The zero-order chi connectivity index (χ0) is 28.2. The molecule has 2 aliphatic rings. The molecule has 3 aromatic rings. The van der Waals surface area contributed by atoms with Gasteiger partial charge in [-0.25, -0.2) is 15.1 Å². The molecule has 0 radical (unpaired) electrons. The summed E-state index contributed by atoms with van der Waals surface area (Å²) in [4.78, 5) is 30.2. The molecule has 2 unspecified atom stereocenters. The molecular weight excluding hydrogens is 506 g/mol. The lowest BCUT2D eigenvalue weighted by Gasteiger charge is -2.37. The Labute approximate surface area is 234 Å². The van der Waals surface area contributed by atoms with Gasteiger partial charge in [0.25, 0.3) is 5.82 Å². The summed E-state index contributed by atoms with van der Waals surface area (Å²) >= 11 is 0. The number of allylic oxidation sites excluding steroid dienone is 2. The standard InChI is InChI=1S/C32H33N3O5/c1-19-8-15-28(33-17-19)35-32(37)29-20(2)34-25-6-5-7-26(36)31(25)30(29)21-9-14-27(39-4)22(16-21)18-40-24-12-10-23(38-3)11-13-24/h8-17,29-30,34H,2,5-7,18H2,1,3-4H3,(H,33,35,37)/p+1. The third-order valence-electron chi connectivity index (χ3n) is 7.41. The normalized spacial score (nSPS) is 18.5. The molecule has 0 bridgehead atoms.